The van der Waals surface area contributed by atoms with Gasteiger partial charge in [0.25, 0.3) is 0 Å². The highest BCUT2D eigenvalue weighted by Crippen LogP contribution is 2.37. The summed E-state index contributed by atoms with van der Waals surface area (Å²) < 4.78 is 18.9. The van der Waals surface area contributed by atoms with Gasteiger partial charge in [-0.3, -0.25) is 9.36 Å². The Hall–Kier alpha value is -2.55. The Morgan fingerprint density at radius 3 is 2.69 bits per heavy atom. The van der Waals surface area contributed by atoms with Crippen LogP contribution in [0.3, 0.4) is 0 Å². The summed E-state index contributed by atoms with van der Waals surface area (Å²) in [5.74, 6) is 0.136. The minimum atomic E-state index is -0.749. The predicted octanol–water partition coefficient (Wildman–Crippen LogP) is 6.47. The molecule has 0 radical (unpaired) electrons. The van der Waals surface area contributed by atoms with E-state index in [1.54, 1.807) is 49.7 Å². The van der Waals surface area contributed by atoms with Gasteiger partial charge in [-0.2, -0.15) is 0 Å². The summed E-state index contributed by atoms with van der Waals surface area (Å²) >= 11 is 15.7. The minimum Gasteiger partial charge on any atom is -0.491 e. The average molecular weight is 582 g/mol. The number of amides is 1. The SMILES string of the molecule is CC(C)(C)OC(=O)/N=c1/occn1Cc1cc(Br)c2c(c1)C(=O)[C@@H](Cc1ccc(Cl)c(Cl)c1)CO2. The van der Waals surface area contributed by atoms with E-state index < -0.39 is 11.7 Å². The number of oxazole rings is 1. The van der Waals surface area contributed by atoms with E-state index in [1.165, 1.54) is 6.26 Å². The molecule has 1 aliphatic rings. The van der Waals surface area contributed by atoms with Crippen LogP contribution in [0.25, 0.3) is 0 Å². The van der Waals surface area contributed by atoms with E-state index in [1.807, 2.05) is 12.1 Å². The molecule has 0 bridgehead atoms. The Morgan fingerprint density at radius 2 is 1.97 bits per heavy atom. The van der Waals surface area contributed by atoms with Crippen molar-refractivity contribution in [1.82, 2.24) is 4.57 Å². The smallest absolute Gasteiger partial charge is 0.438 e. The Balaban J connectivity index is 1.57. The van der Waals surface area contributed by atoms with Crippen molar-refractivity contribution in [2.75, 3.05) is 6.61 Å². The van der Waals surface area contributed by atoms with Crippen LogP contribution in [0.15, 0.2) is 56.7 Å². The second-order valence-corrected chi connectivity index (χ2v) is 10.9. The highest BCUT2D eigenvalue weighted by molar-refractivity contribution is 9.10. The zero-order valence-corrected chi connectivity index (χ0v) is 22.4. The molecular formula is C25H23BrCl2N2O5. The first-order chi connectivity index (χ1) is 16.5. The van der Waals surface area contributed by atoms with Crippen molar-refractivity contribution >= 4 is 51.0 Å². The fourth-order valence-electron chi connectivity index (χ4n) is 3.72. The molecule has 7 nitrogen and oxygen atoms in total. The number of ketones is 1. The first-order valence-corrected chi connectivity index (χ1v) is 12.4. The third-order valence-corrected chi connectivity index (χ3v) is 6.56. The maximum atomic E-state index is 13.4. The Labute approximate surface area is 220 Å². The van der Waals surface area contributed by atoms with Crippen molar-refractivity contribution in [3.8, 4) is 5.75 Å². The second-order valence-electron chi connectivity index (χ2n) is 9.18. The van der Waals surface area contributed by atoms with E-state index in [0.29, 0.717) is 38.8 Å². The van der Waals surface area contributed by atoms with Gasteiger partial charge in [-0.15, -0.1) is 4.99 Å². The van der Waals surface area contributed by atoms with Crippen LogP contribution in [-0.2, 0) is 17.7 Å². The van der Waals surface area contributed by atoms with E-state index in [0.717, 1.165) is 11.1 Å². The summed E-state index contributed by atoms with van der Waals surface area (Å²) in [5, 5.41) is 0.915. The largest absolute Gasteiger partial charge is 0.491 e. The quantitative estimate of drug-likeness (QED) is 0.353. The predicted molar refractivity (Wildman–Crippen MR) is 135 cm³/mol. The third-order valence-electron chi connectivity index (χ3n) is 5.23. The number of ether oxygens (including phenoxy) is 2. The van der Waals surface area contributed by atoms with E-state index in [9.17, 15) is 9.59 Å². The van der Waals surface area contributed by atoms with E-state index in [4.69, 9.17) is 37.1 Å². The lowest BCUT2D eigenvalue weighted by molar-refractivity contribution is 0.0589. The van der Waals surface area contributed by atoms with E-state index in [2.05, 4.69) is 20.9 Å². The summed E-state index contributed by atoms with van der Waals surface area (Å²) in [6, 6.07) is 9.00. The van der Waals surface area contributed by atoms with Crippen molar-refractivity contribution in [2.24, 2.45) is 10.9 Å². The summed E-state index contributed by atoms with van der Waals surface area (Å²) in [5.41, 5.74) is 1.61. The number of nitrogens with zero attached hydrogens (tertiary/aromatic N) is 2. The van der Waals surface area contributed by atoms with E-state index in [-0.39, 0.29) is 24.0 Å². The molecule has 2 heterocycles. The van der Waals surface area contributed by atoms with Crippen LogP contribution >= 0.6 is 39.1 Å². The van der Waals surface area contributed by atoms with Gasteiger partial charge >= 0.3 is 11.8 Å². The maximum absolute atomic E-state index is 13.4. The molecule has 1 aromatic heterocycles. The van der Waals surface area contributed by atoms with Gasteiger partial charge in [0.05, 0.1) is 39.2 Å². The third kappa shape index (κ3) is 6.18. The number of carbonyl (C=O) groups is 2. The first kappa shape index (κ1) is 25.5. The normalized spacial score (nSPS) is 16.1. The molecule has 35 heavy (non-hydrogen) atoms. The van der Waals surface area contributed by atoms with Crippen LogP contribution in [0.4, 0.5) is 4.79 Å². The number of rotatable bonds is 4. The average Bonchev–Trinajstić information content (AvgIpc) is 3.18. The molecule has 0 saturated heterocycles. The molecule has 2 aromatic carbocycles. The van der Waals surface area contributed by atoms with Gasteiger partial charge in [0.2, 0.25) is 0 Å². The molecule has 0 fully saturated rings. The number of hydrogen-bond donors (Lipinski definition) is 0. The number of halogens is 3. The molecule has 1 aliphatic heterocycles. The van der Waals surface area contributed by atoms with Crippen LogP contribution in [0.1, 0.15) is 42.3 Å². The van der Waals surface area contributed by atoms with Crippen LogP contribution in [-0.4, -0.2) is 28.7 Å². The molecule has 1 atom stereocenters. The van der Waals surface area contributed by atoms with Gasteiger partial charge in [-0.25, -0.2) is 4.79 Å². The van der Waals surface area contributed by atoms with Gasteiger partial charge in [0.15, 0.2) is 5.78 Å². The Morgan fingerprint density at radius 1 is 1.20 bits per heavy atom. The lowest BCUT2D eigenvalue weighted by Crippen LogP contribution is -2.30. The van der Waals surface area contributed by atoms with Gasteiger partial charge in [-0.05, 0) is 78.5 Å². The number of benzene rings is 2. The molecule has 184 valence electrons. The van der Waals surface area contributed by atoms with Crippen LogP contribution < -0.4 is 10.4 Å². The molecule has 0 aliphatic carbocycles. The number of hydrogen-bond acceptors (Lipinski definition) is 5. The highest BCUT2D eigenvalue weighted by atomic mass is 79.9. The fraction of sp³-hybridized carbons (Fsp3) is 0.320. The lowest BCUT2D eigenvalue weighted by Gasteiger charge is -2.26. The molecule has 4 rings (SSSR count). The molecule has 1 amide bonds. The van der Waals surface area contributed by atoms with Gasteiger partial charge in [0.1, 0.15) is 17.6 Å². The Bertz CT molecular complexity index is 1360. The first-order valence-electron chi connectivity index (χ1n) is 10.8. The van der Waals surface area contributed by atoms with Crippen molar-refractivity contribution in [3.05, 3.63) is 79.7 Å². The molecule has 0 unspecified atom stereocenters. The number of fused-ring (bicyclic) bond motifs is 1. The number of aromatic nitrogens is 1. The number of Topliss-reactive ketones (excluding diaryl/α,β-unsaturated/α-hetero) is 1. The molecule has 0 saturated carbocycles. The summed E-state index contributed by atoms with van der Waals surface area (Å²) in [6.07, 6.45) is 2.81. The molecule has 10 heteroatoms. The monoisotopic (exact) mass is 580 g/mol. The Kier molecular flexibility index (Phi) is 7.45. The topological polar surface area (TPSA) is 83.0 Å². The van der Waals surface area contributed by atoms with Crippen LogP contribution in [0.2, 0.25) is 10.0 Å². The fourth-order valence-corrected chi connectivity index (χ4v) is 4.66. The minimum absolute atomic E-state index is 0.0178. The van der Waals surface area contributed by atoms with Gasteiger partial charge in [0, 0.05) is 6.20 Å². The highest BCUT2D eigenvalue weighted by Gasteiger charge is 2.31. The summed E-state index contributed by atoms with van der Waals surface area (Å²) in [4.78, 5) is 29.4. The summed E-state index contributed by atoms with van der Waals surface area (Å²) in [6.45, 7) is 5.85. The maximum Gasteiger partial charge on any atom is 0.438 e. The standard InChI is InChI=1S/C25H23BrCl2N2O5/c1-25(2,3)35-24(32)29-23-30(6-7-33-23)12-15-9-17-21(31)16(13-34-22(17)18(26)10-15)8-14-4-5-19(27)20(28)11-14/h4-7,9-11,16H,8,12-13H2,1-3H3/b29-23+/t16-/m0/s1. The molecule has 0 spiro atoms. The molecule has 3 aromatic rings. The molecular weight excluding hydrogens is 559 g/mol. The summed E-state index contributed by atoms with van der Waals surface area (Å²) in [7, 11) is 0. The van der Waals surface area contributed by atoms with Crippen molar-refractivity contribution < 1.29 is 23.5 Å². The zero-order valence-electron chi connectivity index (χ0n) is 19.3. The van der Waals surface area contributed by atoms with Crippen molar-refractivity contribution in [1.29, 1.82) is 0 Å². The van der Waals surface area contributed by atoms with Crippen molar-refractivity contribution in [3.63, 3.8) is 0 Å². The van der Waals surface area contributed by atoms with Crippen molar-refractivity contribution in [2.45, 2.75) is 39.3 Å². The van der Waals surface area contributed by atoms with Crippen LogP contribution in [0.5, 0.6) is 5.75 Å². The molecule has 0 N–H and O–H groups in total. The second kappa shape index (κ2) is 10.2. The van der Waals surface area contributed by atoms with Gasteiger partial charge < -0.3 is 13.9 Å². The zero-order chi connectivity index (χ0) is 25.3. The number of carbonyl (C=O) groups excluding carboxylic acids is 2. The van der Waals surface area contributed by atoms with Gasteiger partial charge in [-0.1, -0.05) is 29.3 Å². The lowest BCUT2D eigenvalue weighted by atomic mass is 9.89. The van der Waals surface area contributed by atoms with Crippen LogP contribution in [0, 0.1) is 5.92 Å². The van der Waals surface area contributed by atoms with E-state index >= 15 is 0 Å².